The predicted molar refractivity (Wildman–Crippen MR) is 157 cm³/mol. The Balaban J connectivity index is 2.09. The molecule has 0 aliphatic carbocycles. The Morgan fingerprint density at radius 1 is 0.897 bits per heavy atom. The summed E-state index contributed by atoms with van der Waals surface area (Å²) in [6.07, 6.45) is 0.299. The average molecular weight is 611 g/mol. The fourth-order valence-electron chi connectivity index (χ4n) is 4.02. The van der Waals surface area contributed by atoms with E-state index in [0.717, 1.165) is 15.4 Å². The van der Waals surface area contributed by atoms with Crippen LogP contribution in [0.4, 0.5) is 5.69 Å². The molecule has 2 amide bonds. The van der Waals surface area contributed by atoms with Crippen LogP contribution in [0.1, 0.15) is 30.0 Å². The molecule has 1 atom stereocenters. The summed E-state index contributed by atoms with van der Waals surface area (Å²) in [7, 11) is -2.70. The van der Waals surface area contributed by atoms with Crippen molar-refractivity contribution in [2.45, 2.75) is 44.7 Å². The van der Waals surface area contributed by atoms with Crippen LogP contribution in [0.25, 0.3) is 0 Å². The van der Waals surface area contributed by atoms with E-state index in [4.69, 9.17) is 34.8 Å². The summed E-state index contributed by atoms with van der Waals surface area (Å²) in [5.74, 6) is -0.957. The van der Waals surface area contributed by atoms with Gasteiger partial charge in [0.1, 0.15) is 12.6 Å². The number of halogens is 3. The van der Waals surface area contributed by atoms with Crippen molar-refractivity contribution in [3.05, 3.63) is 92.4 Å². The first-order chi connectivity index (χ1) is 18.4. The second-order valence-corrected chi connectivity index (χ2v) is 12.2. The maximum absolute atomic E-state index is 13.9. The molecule has 3 aromatic carbocycles. The van der Waals surface area contributed by atoms with Crippen LogP contribution in [-0.4, -0.2) is 44.8 Å². The molecule has 0 aliphatic heterocycles. The number of nitrogens with zero attached hydrogens (tertiary/aromatic N) is 2. The number of carbonyl (C=O) groups excluding carboxylic acids is 2. The van der Waals surface area contributed by atoms with Crippen molar-refractivity contribution in [2.75, 3.05) is 17.9 Å². The van der Waals surface area contributed by atoms with Crippen LogP contribution in [0.15, 0.2) is 65.6 Å². The van der Waals surface area contributed by atoms with Crippen molar-refractivity contribution < 1.29 is 18.0 Å². The van der Waals surface area contributed by atoms with E-state index in [9.17, 15) is 18.0 Å². The van der Waals surface area contributed by atoms with E-state index in [2.05, 4.69) is 5.32 Å². The van der Waals surface area contributed by atoms with Gasteiger partial charge >= 0.3 is 0 Å². The van der Waals surface area contributed by atoms with E-state index < -0.39 is 28.5 Å². The first kappa shape index (κ1) is 30.8. The van der Waals surface area contributed by atoms with Gasteiger partial charge in [0.25, 0.3) is 10.0 Å². The number of anilines is 1. The van der Waals surface area contributed by atoms with Crippen LogP contribution in [-0.2, 0) is 26.2 Å². The highest BCUT2D eigenvalue weighted by molar-refractivity contribution is 7.92. The monoisotopic (exact) mass is 609 g/mol. The van der Waals surface area contributed by atoms with Crippen molar-refractivity contribution >= 4 is 62.3 Å². The lowest BCUT2D eigenvalue weighted by Gasteiger charge is -2.33. The molecule has 0 spiro atoms. The molecule has 208 valence electrons. The number of benzene rings is 3. The van der Waals surface area contributed by atoms with Crippen molar-refractivity contribution in [3.63, 3.8) is 0 Å². The van der Waals surface area contributed by atoms with Crippen molar-refractivity contribution in [1.82, 2.24) is 10.2 Å². The minimum Gasteiger partial charge on any atom is -0.357 e. The van der Waals surface area contributed by atoms with Crippen molar-refractivity contribution in [3.8, 4) is 0 Å². The molecule has 3 aromatic rings. The van der Waals surface area contributed by atoms with Gasteiger partial charge in [-0.05, 0) is 67.8 Å². The molecule has 0 aliphatic rings. The minimum absolute atomic E-state index is 0.00865. The number of hydrogen-bond acceptors (Lipinski definition) is 4. The molecule has 0 heterocycles. The highest BCUT2D eigenvalue weighted by atomic mass is 35.5. The standard InChI is InChI=1S/C28H30Cl3N3O4S/c1-5-26(28(36)32-4)33(16-20-9-13-23(29)25(31)14-20)27(35)17-34(21-10-8-19(3)24(30)15-21)39(37,38)22-11-6-18(2)7-12-22/h6-15,26H,5,16-17H2,1-4H3,(H,32,36). The highest BCUT2D eigenvalue weighted by Crippen LogP contribution is 2.29. The molecule has 0 aromatic heterocycles. The fourth-order valence-corrected chi connectivity index (χ4v) is 5.93. The number of sulfonamides is 1. The van der Waals surface area contributed by atoms with Crippen molar-refractivity contribution in [2.24, 2.45) is 0 Å². The lowest BCUT2D eigenvalue weighted by molar-refractivity contribution is -0.140. The smallest absolute Gasteiger partial charge is 0.264 e. The summed E-state index contributed by atoms with van der Waals surface area (Å²) >= 11 is 18.6. The minimum atomic E-state index is -4.18. The molecular formula is C28H30Cl3N3O4S. The zero-order valence-electron chi connectivity index (χ0n) is 22.0. The lowest BCUT2D eigenvalue weighted by Crippen LogP contribution is -2.51. The average Bonchev–Trinajstić information content (AvgIpc) is 2.90. The second kappa shape index (κ2) is 13.0. The Kier molecular flexibility index (Phi) is 10.3. The molecule has 0 bridgehead atoms. The molecule has 0 saturated carbocycles. The molecule has 0 radical (unpaired) electrons. The Morgan fingerprint density at radius 3 is 2.13 bits per heavy atom. The number of carbonyl (C=O) groups is 2. The fraction of sp³-hybridized carbons (Fsp3) is 0.286. The van der Waals surface area contributed by atoms with E-state index in [1.165, 1.54) is 30.1 Å². The summed E-state index contributed by atoms with van der Waals surface area (Å²) < 4.78 is 28.8. The van der Waals surface area contributed by atoms with E-state index in [-0.39, 0.29) is 23.0 Å². The predicted octanol–water partition coefficient (Wildman–Crippen LogP) is 6.01. The second-order valence-electron chi connectivity index (χ2n) is 9.07. The first-order valence-electron chi connectivity index (χ1n) is 12.2. The number of aryl methyl sites for hydroxylation is 2. The van der Waals surface area contributed by atoms with Gasteiger partial charge in [-0.2, -0.15) is 0 Å². The molecular weight excluding hydrogens is 581 g/mol. The van der Waals surface area contributed by atoms with Crippen molar-refractivity contribution in [1.29, 1.82) is 0 Å². The zero-order valence-corrected chi connectivity index (χ0v) is 25.1. The summed E-state index contributed by atoms with van der Waals surface area (Å²) in [5, 5.41) is 3.59. The number of hydrogen-bond donors (Lipinski definition) is 1. The van der Waals surface area contributed by atoms with Gasteiger partial charge in [-0.1, -0.05) is 71.6 Å². The third kappa shape index (κ3) is 7.25. The third-order valence-electron chi connectivity index (χ3n) is 6.30. The molecule has 1 N–H and O–H groups in total. The molecule has 7 nitrogen and oxygen atoms in total. The van der Waals surface area contributed by atoms with Gasteiger partial charge in [0.15, 0.2) is 0 Å². The van der Waals surface area contributed by atoms with E-state index >= 15 is 0 Å². The normalized spacial score (nSPS) is 12.1. The van der Waals surface area contributed by atoms with Crippen LogP contribution in [0.3, 0.4) is 0 Å². The topological polar surface area (TPSA) is 86.8 Å². The Hall–Kier alpha value is -2.78. The van der Waals surface area contributed by atoms with E-state index in [0.29, 0.717) is 27.1 Å². The molecule has 39 heavy (non-hydrogen) atoms. The Morgan fingerprint density at radius 2 is 1.56 bits per heavy atom. The maximum atomic E-state index is 13.9. The summed E-state index contributed by atoms with van der Waals surface area (Å²) in [4.78, 5) is 28.1. The van der Waals surface area contributed by atoms with Crippen LogP contribution < -0.4 is 9.62 Å². The summed E-state index contributed by atoms with van der Waals surface area (Å²) in [6, 6.07) is 15.2. The van der Waals surface area contributed by atoms with Gasteiger partial charge in [0, 0.05) is 18.6 Å². The van der Waals surface area contributed by atoms with E-state index in [1.807, 2.05) is 6.92 Å². The van der Waals surface area contributed by atoms with Crippen LogP contribution in [0, 0.1) is 13.8 Å². The van der Waals surface area contributed by atoms with Gasteiger partial charge < -0.3 is 10.2 Å². The quantitative estimate of drug-likeness (QED) is 0.305. The highest BCUT2D eigenvalue weighted by Gasteiger charge is 2.33. The largest absolute Gasteiger partial charge is 0.357 e. The summed E-state index contributed by atoms with van der Waals surface area (Å²) in [5.41, 5.74) is 2.50. The molecule has 11 heteroatoms. The molecule has 1 unspecified atom stereocenters. The van der Waals surface area contributed by atoms with Crippen LogP contribution >= 0.6 is 34.8 Å². The zero-order chi connectivity index (χ0) is 28.9. The lowest BCUT2D eigenvalue weighted by atomic mass is 10.1. The van der Waals surface area contributed by atoms with Crippen LogP contribution in [0.2, 0.25) is 15.1 Å². The Labute approximate surface area is 244 Å². The number of amides is 2. The summed E-state index contributed by atoms with van der Waals surface area (Å²) in [6.45, 7) is 4.86. The number of likely N-dealkylation sites (N-methyl/N-ethyl adjacent to an activating group) is 1. The van der Waals surface area contributed by atoms with Gasteiger partial charge in [-0.3, -0.25) is 13.9 Å². The van der Waals surface area contributed by atoms with Gasteiger partial charge in [0.05, 0.1) is 20.6 Å². The van der Waals surface area contributed by atoms with E-state index in [1.54, 1.807) is 56.3 Å². The number of nitrogens with one attached hydrogen (secondary N) is 1. The van der Waals surface area contributed by atoms with Gasteiger partial charge in [-0.15, -0.1) is 0 Å². The third-order valence-corrected chi connectivity index (χ3v) is 9.23. The Bertz CT molecular complexity index is 1460. The molecule has 0 saturated heterocycles. The number of rotatable bonds is 10. The maximum Gasteiger partial charge on any atom is 0.264 e. The molecule has 3 rings (SSSR count). The SMILES string of the molecule is CCC(C(=O)NC)N(Cc1ccc(Cl)c(Cl)c1)C(=O)CN(c1ccc(C)c(Cl)c1)S(=O)(=O)c1ccc(C)cc1. The van der Waals surface area contributed by atoms with Gasteiger partial charge in [-0.25, -0.2) is 8.42 Å². The van der Waals surface area contributed by atoms with Crippen LogP contribution in [0.5, 0.6) is 0 Å². The first-order valence-corrected chi connectivity index (χ1v) is 14.8. The van der Waals surface area contributed by atoms with Gasteiger partial charge in [0.2, 0.25) is 11.8 Å². The molecule has 0 fully saturated rings.